The summed E-state index contributed by atoms with van der Waals surface area (Å²) in [4.78, 5) is 25.7. The van der Waals surface area contributed by atoms with Gasteiger partial charge in [0, 0.05) is 22.5 Å². The van der Waals surface area contributed by atoms with Gasteiger partial charge in [0.25, 0.3) is 5.91 Å². The molecule has 0 atom stereocenters. The van der Waals surface area contributed by atoms with E-state index in [2.05, 4.69) is 0 Å². The van der Waals surface area contributed by atoms with Crippen LogP contribution in [-0.4, -0.2) is 34.1 Å². The monoisotopic (exact) mass is 475 g/mol. The van der Waals surface area contributed by atoms with E-state index < -0.39 is 0 Å². The van der Waals surface area contributed by atoms with Crippen LogP contribution >= 0.6 is 23.1 Å². The van der Waals surface area contributed by atoms with Gasteiger partial charge < -0.3 is 4.74 Å². The highest BCUT2D eigenvalue weighted by Crippen LogP contribution is 2.40. The van der Waals surface area contributed by atoms with Gasteiger partial charge in [-0.25, -0.2) is 4.98 Å². The minimum absolute atomic E-state index is 0.0244. The van der Waals surface area contributed by atoms with E-state index in [0.717, 1.165) is 53.4 Å². The van der Waals surface area contributed by atoms with Crippen molar-refractivity contribution in [3.05, 3.63) is 70.4 Å². The van der Waals surface area contributed by atoms with Crippen molar-refractivity contribution in [3.63, 3.8) is 0 Å². The number of hydrogen-bond acceptors (Lipinski definition) is 6. The van der Waals surface area contributed by atoms with Crippen molar-refractivity contribution in [3.8, 4) is 17.0 Å². The summed E-state index contributed by atoms with van der Waals surface area (Å²) < 4.78 is 5.48. The molecule has 5 rings (SSSR count). The van der Waals surface area contributed by atoms with E-state index >= 15 is 0 Å². The van der Waals surface area contributed by atoms with Crippen molar-refractivity contribution in [2.45, 2.75) is 38.1 Å². The van der Waals surface area contributed by atoms with Crippen molar-refractivity contribution in [2.24, 2.45) is 4.99 Å². The van der Waals surface area contributed by atoms with Crippen LogP contribution in [0.5, 0.6) is 5.75 Å². The Morgan fingerprint density at radius 2 is 1.82 bits per heavy atom. The topological polar surface area (TPSA) is 54.8 Å². The SMILES string of the molecule is COc1ccccc1/C=C1\S/C(=N/c2nc(-c3ccccc3)cs2)N(C2CCCCC2)C1=O. The third kappa shape index (κ3) is 4.75. The van der Waals surface area contributed by atoms with Crippen LogP contribution in [0.1, 0.15) is 37.7 Å². The molecule has 168 valence electrons. The van der Waals surface area contributed by atoms with Crippen molar-refractivity contribution in [1.82, 2.24) is 9.88 Å². The van der Waals surface area contributed by atoms with Gasteiger partial charge in [-0.3, -0.25) is 9.69 Å². The average Bonchev–Trinajstić information content (AvgIpc) is 3.45. The van der Waals surface area contributed by atoms with Gasteiger partial charge in [0.15, 0.2) is 5.17 Å². The van der Waals surface area contributed by atoms with Gasteiger partial charge in [-0.2, -0.15) is 4.99 Å². The summed E-state index contributed by atoms with van der Waals surface area (Å²) in [6, 6.07) is 18.0. The smallest absolute Gasteiger partial charge is 0.267 e. The lowest BCUT2D eigenvalue weighted by molar-refractivity contribution is -0.124. The van der Waals surface area contributed by atoms with Gasteiger partial charge >= 0.3 is 0 Å². The lowest BCUT2D eigenvalue weighted by atomic mass is 9.94. The molecule has 2 aromatic carbocycles. The summed E-state index contributed by atoms with van der Waals surface area (Å²) in [6.07, 6.45) is 7.47. The number of thioether (sulfide) groups is 1. The number of rotatable bonds is 5. The Hall–Kier alpha value is -2.90. The lowest BCUT2D eigenvalue weighted by Crippen LogP contribution is -2.40. The first-order chi connectivity index (χ1) is 16.2. The number of nitrogens with zero attached hydrogens (tertiary/aromatic N) is 3. The van der Waals surface area contributed by atoms with Crippen LogP contribution in [0, 0.1) is 0 Å². The normalized spacial score (nSPS) is 19.5. The zero-order valence-corrected chi connectivity index (χ0v) is 20.1. The van der Waals surface area contributed by atoms with Crippen LogP contribution in [0.4, 0.5) is 5.13 Å². The second-order valence-electron chi connectivity index (χ2n) is 8.10. The number of aliphatic imine (C=N–C) groups is 1. The Morgan fingerprint density at radius 1 is 1.06 bits per heavy atom. The molecule has 1 aliphatic heterocycles. The first-order valence-corrected chi connectivity index (χ1v) is 12.9. The maximum absolute atomic E-state index is 13.5. The number of thiazole rings is 1. The minimum Gasteiger partial charge on any atom is -0.496 e. The van der Waals surface area contributed by atoms with Gasteiger partial charge in [-0.1, -0.05) is 67.8 Å². The number of benzene rings is 2. The fourth-order valence-corrected chi connectivity index (χ4v) is 6.08. The van der Waals surface area contributed by atoms with Gasteiger partial charge in [-0.15, -0.1) is 11.3 Å². The fourth-order valence-electron chi connectivity index (χ4n) is 4.29. The largest absolute Gasteiger partial charge is 0.496 e. The van der Waals surface area contributed by atoms with Crippen LogP contribution in [-0.2, 0) is 4.79 Å². The quantitative estimate of drug-likeness (QED) is 0.383. The van der Waals surface area contributed by atoms with E-state index in [9.17, 15) is 4.79 Å². The third-order valence-corrected chi connectivity index (χ3v) is 7.67. The van der Waals surface area contributed by atoms with Gasteiger partial charge in [0.2, 0.25) is 5.13 Å². The van der Waals surface area contributed by atoms with E-state index in [1.54, 1.807) is 7.11 Å². The fraction of sp³-hybridized carbons (Fsp3) is 0.269. The number of carbonyl (C=O) groups excluding carboxylic acids is 1. The first kappa shape index (κ1) is 21.9. The Bertz CT molecular complexity index is 1200. The van der Waals surface area contributed by atoms with Gasteiger partial charge in [0.05, 0.1) is 17.7 Å². The summed E-state index contributed by atoms with van der Waals surface area (Å²) in [5.74, 6) is 0.775. The van der Waals surface area contributed by atoms with E-state index in [-0.39, 0.29) is 11.9 Å². The van der Waals surface area contributed by atoms with Crippen molar-refractivity contribution in [2.75, 3.05) is 7.11 Å². The molecule has 1 saturated heterocycles. The minimum atomic E-state index is 0.0244. The van der Waals surface area contributed by atoms with Crippen LogP contribution in [0.25, 0.3) is 17.3 Å². The highest BCUT2D eigenvalue weighted by Gasteiger charge is 2.39. The van der Waals surface area contributed by atoms with Crippen LogP contribution in [0.15, 0.2) is 69.9 Å². The van der Waals surface area contributed by atoms with Gasteiger partial charge in [-0.05, 0) is 36.7 Å². The number of ether oxygens (including phenoxy) is 1. The number of amides is 1. The molecule has 0 spiro atoms. The number of amidine groups is 1. The summed E-state index contributed by atoms with van der Waals surface area (Å²) >= 11 is 2.94. The molecule has 1 aliphatic carbocycles. The molecule has 1 aromatic heterocycles. The second kappa shape index (κ2) is 9.93. The number of methoxy groups -OCH3 is 1. The molecule has 0 radical (unpaired) electrons. The van der Waals surface area contributed by atoms with Crippen LogP contribution in [0.3, 0.4) is 0 Å². The Labute approximate surface area is 202 Å². The molecule has 2 fully saturated rings. The molecule has 0 bridgehead atoms. The molecule has 1 amide bonds. The van der Waals surface area contributed by atoms with Crippen molar-refractivity contribution in [1.29, 1.82) is 0 Å². The number of para-hydroxylation sites is 1. The molecule has 2 heterocycles. The average molecular weight is 476 g/mol. The lowest BCUT2D eigenvalue weighted by Gasteiger charge is -2.30. The number of hydrogen-bond donors (Lipinski definition) is 0. The molecular weight excluding hydrogens is 450 g/mol. The van der Waals surface area contributed by atoms with Crippen LogP contribution < -0.4 is 4.74 Å². The third-order valence-electron chi connectivity index (χ3n) is 5.96. The molecule has 1 saturated carbocycles. The first-order valence-electron chi connectivity index (χ1n) is 11.2. The van der Waals surface area contributed by atoms with Crippen molar-refractivity contribution < 1.29 is 9.53 Å². The molecule has 5 nitrogen and oxygen atoms in total. The Morgan fingerprint density at radius 3 is 2.61 bits per heavy atom. The predicted octanol–water partition coefficient (Wildman–Crippen LogP) is 6.76. The van der Waals surface area contributed by atoms with E-state index in [4.69, 9.17) is 14.7 Å². The van der Waals surface area contributed by atoms with Gasteiger partial charge in [0.1, 0.15) is 5.75 Å². The maximum atomic E-state index is 13.5. The van der Waals surface area contributed by atoms with E-state index in [0.29, 0.717) is 10.0 Å². The number of carbonyl (C=O) groups is 1. The molecule has 3 aromatic rings. The standard InChI is InChI=1S/C26H25N3O2S2/c1-31-22-15-9-8-12-19(22)16-23-24(30)29(20-13-6-3-7-14-20)26(33-23)28-25-27-21(17-32-25)18-10-4-2-5-11-18/h2,4-5,8-12,15-17,20H,3,6-7,13-14H2,1H3/b23-16-,28-26+. The van der Waals surface area contributed by atoms with Crippen LogP contribution in [0.2, 0.25) is 0 Å². The molecule has 7 heteroatoms. The summed E-state index contributed by atoms with van der Waals surface area (Å²) in [5.41, 5.74) is 2.86. The maximum Gasteiger partial charge on any atom is 0.267 e. The van der Waals surface area contributed by atoms with Crippen molar-refractivity contribution >= 4 is 45.4 Å². The molecule has 33 heavy (non-hydrogen) atoms. The second-order valence-corrected chi connectivity index (χ2v) is 9.94. The summed E-state index contributed by atoms with van der Waals surface area (Å²) in [5, 5.41) is 3.41. The highest BCUT2D eigenvalue weighted by molar-refractivity contribution is 8.18. The molecule has 0 N–H and O–H groups in total. The molecule has 0 unspecified atom stereocenters. The zero-order valence-electron chi connectivity index (χ0n) is 18.4. The van der Waals surface area contributed by atoms with E-state index in [1.807, 2.05) is 71.0 Å². The Balaban J connectivity index is 1.49. The molecular formula is C26H25N3O2S2. The summed E-state index contributed by atoms with van der Waals surface area (Å²) in [6.45, 7) is 0. The Kier molecular flexibility index (Phi) is 6.60. The van der Waals surface area contributed by atoms with E-state index in [1.165, 1.54) is 29.5 Å². The zero-order chi connectivity index (χ0) is 22.6. The number of aromatic nitrogens is 1. The predicted molar refractivity (Wildman–Crippen MR) is 137 cm³/mol. The molecule has 2 aliphatic rings. The highest BCUT2D eigenvalue weighted by atomic mass is 32.2. The summed E-state index contributed by atoms with van der Waals surface area (Å²) in [7, 11) is 1.65.